The maximum atomic E-state index is 13.2. The molecule has 0 radical (unpaired) electrons. The van der Waals surface area contributed by atoms with E-state index in [1.54, 1.807) is 36.2 Å². The summed E-state index contributed by atoms with van der Waals surface area (Å²) in [6.07, 6.45) is 8.54. The zero-order valence-corrected chi connectivity index (χ0v) is 28.8. The Bertz CT molecular complexity index is 1510. The third-order valence-electron chi connectivity index (χ3n) is 9.92. The number of urea groups is 1. The van der Waals surface area contributed by atoms with E-state index in [1.165, 1.54) is 30.0 Å². The molecule has 0 bridgehead atoms. The average molecular weight is 674 g/mol. The SMILES string of the molecule is CC1CN(C2=CN(c3ccc(NC(=O)Nc4ccc(C(=O)N5CCN(C6CCC6)C(C)C5)cc4)cc3)SC(N3CCOCC3)=C2)CCO1. The number of carbonyl (C=O) groups is 2. The molecular weight excluding hydrogens is 627 g/mol. The Balaban J connectivity index is 0.944. The second kappa shape index (κ2) is 14.8. The third kappa shape index (κ3) is 7.62. The van der Waals surface area contributed by atoms with Gasteiger partial charge in [-0.25, -0.2) is 4.79 Å². The van der Waals surface area contributed by atoms with Crippen molar-refractivity contribution < 1.29 is 19.1 Å². The van der Waals surface area contributed by atoms with Crippen molar-refractivity contribution in [3.63, 3.8) is 0 Å². The van der Waals surface area contributed by atoms with Crippen molar-refractivity contribution in [1.29, 1.82) is 0 Å². The van der Waals surface area contributed by atoms with Crippen molar-refractivity contribution in [2.75, 3.05) is 80.6 Å². The van der Waals surface area contributed by atoms with Crippen molar-refractivity contribution in [3.05, 3.63) is 77.1 Å². The minimum atomic E-state index is -0.337. The summed E-state index contributed by atoms with van der Waals surface area (Å²) >= 11 is 1.70. The molecule has 0 spiro atoms. The molecule has 3 amide bonds. The van der Waals surface area contributed by atoms with E-state index in [1.807, 2.05) is 29.2 Å². The van der Waals surface area contributed by atoms with Crippen LogP contribution in [-0.2, 0) is 9.47 Å². The normalized spacial score (nSPS) is 24.0. The van der Waals surface area contributed by atoms with Crippen LogP contribution in [0.25, 0.3) is 0 Å². The molecule has 7 rings (SSSR count). The number of hydrogen-bond donors (Lipinski definition) is 2. The zero-order valence-electron chi connectivity index (χ0n) is 28.0. The van der Waals surface area contributed by atoms with Crippen LogP contribution in [0.1, 0.15) is 43.5 Å². The van der Waals surface area contributed by atoms with Crippen LogP contribution in [0.4, 0.5) is 21.9 Å². The van der Waals surface area contributed by atoms with Crippen LogP contribution in [0.15, 0.2) is 71.5 Å². The van der Waals surface area contributed by atoms with Gasteiger partial charge in [-0.05, 0) is 81.3 Å². The Labute approximate surface area is 288 Å². The van der Waals surface area contributed by atoms with Crippen molar-refractivity contribution in [3.8, 4) is 0 Å². The Morgan fingerprint density at radius 2 is 1.50 bits per heavy atom. The molecule has 2 aromatic carbocycles. The first-order chi connectivity index (χ1) is 23.4. The molecule has 5 aliphatic rings. The summed E-state index contributed by atoms with van der Waals surface area (Å²) in [5.74, 6) is 0.0482. The van der Waals surface area contributed by atoms with Gasteiger partial charge in [0, 0.05) is 93.0 Å². The van der Waals surface area contributed by atoms with Crippen LogP contribution in [0.2, 0.25) is 0 Å². The maximum Gasteiger partial charge on any atom is 0.323 e. The van der Waals surface area contributed by atoms with Gasteiger partial charge in [0.25, 0.3) is 5.91 Å². The molecule has 48 heavy (non-hydrogen) atoms. The smallest absolute Gasteiger partial charge is 0.323 e. The van der Waals surface area contributed by atoms with Crippen LogP contribution in [0.3, 0.4) is 0 Å². The number of ether oxygens (including phenoxy) is 2. The summed E-state index contributed by atoms with van der Waals surface area (Å²) in [6.45, 7) is 12.4. The van der Waals surface area contributed by atoms with E-state index >= 15 is 0 Å². The highest BCUT2D eigenvalue weighted by Crippen LogP contribution is 2.37. The Morgan fingerprint density at radius 1 is 0.812 bits per heavy atom. The number of anilines is 3. The highest BCUT2D eigenvalue weighted by molar-refractivity contribution is 8.04. The van der Waals surface area contributed by atoms with Crippen molar-refractivity contribution in [1.82, 2.24) is 19.6 Å². The number of nitrogens with one attached hydrogen (secondary N) is 2. The molecule has 2 aromatic rings. The number of morpholine rings is 2. The number of hydrogen-bond acceptors (Lipinski definition) is 9. The van der Waals surface area contributed by atoms with E-state index in [0.29, 0.717) is 35.6 Å². The second-order valence-electron chi connectivity index (χ2n) is 13.3. The molecule has 1 aliphatic carbocycles. The van der Waals surface area contributed by atoms with Crippen molar-refractivity contribution >= 4 is 40.9 Å². The molecule has 4 heterocycles. The van der Waals surface area contributed by atoms with Gasteiger partial charge in [0.15, 0.2) is 0 Å². The molecule has 3 saturated heterocycles. The largest absolute Gasteiger partial charge is 0.378 e. The van der Waals surface area contributed by atoms with Gasteiger partial charge in [0.05, 0.1) is 42.3 Å². The van der Waals surface area contributed by atoms with E-state index in [0.717, 1.165) is 64.7 Å². The van der Waals surface area contributed by atoms with E-state index < -0.39 is 0 Å². The number of allylic oxidation sites excluding steroid dienone is 1. The molecule has 2 unspecified atom stereocenters. The van der Waals surface area contributed by atoms with Crippen LogP contribution >= 0.6 is 11.9 Å². The molecule has 12 heteroatoms. The Kier molecular flexibility index (Phi) is 10.1. The van der Waals surface area contributed by atoms with Gasteiger partial charge in [0.1, 0.15) is 0 Å². The summed E-state index contributed by atoms with van der Waals surface area (Å²) in [5.41, 5.74) is 4.15. The summed E-state index contributed by atoms with van der Waals surface area (Å²) < 4.78 is 13.6. The standard InChI is InChI=1S/C36H47N7O4S/c1-26-23-41(14-15-42(26)31-4-3-5-31)35(44)28-6-8-29(9-7-28)37-36(45)38-30-10-12-32(13-11-30)43-25-33(40-18-21-47-27(2)24-40)22-34(48-43)39-16-19-46-20-17-39/h6-13,22,25-27,31H,3-5,14-21,23-24H2,1-2H3,(H2,37,38,45). The monoisotopic (exact) mass is 673 g/mol. The first kappa shape index (κ1) is 32.8. The van der Waals surface area contributed by atoms with Gasteiger partial charge >= 0.3 is 6.03 Å². The minimum Gasteiger partial charge on any atom is -0.378 e. The summed E-state index contributed by atoms with van der Waals surface area (Å²) in [4.78, 5) is 35.4. The van der Waals surface area contributed by atoms with E-state index in [9.17, 15) is 9.59 Å². The fraction of sp³-hybridized carbons (Fsp3) is 0.500. The van der Waals surface area contributed by atoms with Gasteiger partial charge in [-0.3, -0.25) is 14.0 Å². The number of nitrogens with zero attached hydrogens (tertiary/aromatic N) is 5. The molecule has 4 fully saturated rings. The fourth-order valence-corrected chi connectivity index (χ4v) is 8.06. The van der Waals surface area contributed by atoms with Gasteiger partial charge in [0.2, 0.25) is 0 Å². The van der Waals surface area contributed by atoms with Gasteiger partial charge in [-0.1, -0.05) is 6.42 Å². The molecule has 1 saturated carbocycles. The van der Waals surface area contributed by atoms with Gasteiger partial charge < -0.3 is 34.8 Å². The lowest BCUT2D eigenvalue weighted by molar-refractivity contribution is -0.00468. The van der Waals surface area contributed by atoms with Crippen molar-refractivity contribution in [2.24, 2.45) is 0 Å². The topological polar surface area (TPSA) is 92.9 Å². The summed E-state index contributed by atoms with van der Waals surface area (Å²) in [6, 6.07) is 15.8. The molecule has 256 valence electrons. The predicted molar refractivity (Wildman–Crippen MR) is 191 cm³/mol. The Hall–Kier alpha value is -3.71. The van der Waals surface area contributed by atoms with E-state index in [2.05, 4.69) is 55.8 Å². The first-order valence-corrected chi connectivity index (χ1v) is 18.1. The number of amides is 3. The number of carbonyl (C=O) groups excluding carboxylic acids is 2. The lowest BCUT2D eigenvalue weighted by Gasteiger charge is -2.47. The van der Waals surface area contributed by atoms with Crippen molar-refractivity contribution in [2.45, 2.75) is 51.3 Å². The second-order valence-corrected chi connectivity index (χ2v) is 14.3. The lowest BCUT2D eigenvalue weighted by atomic mass is 9.89. The number of piperazine rings is 1. The quantitative estimate of drug-likeness (QED) is 0.384. The Morgan fingerprint density at radius 3 is 2.15 bits per heavy atom. The summed E-state index contributed by atoms with van der Waals surface area (Å²) in [5, 5.41) is 7.03. The van der Waals surface area contributed by atoms with Gasteiger partial charge in [-0.15, -0.1) is 0 Å². The number of benzene rings is 2. The molecule has 4 aliphatic heterocycles. The maximum absolute atomic E-state index is 13.2. The van der Waals surface area contributed by atoms with Crippen LogP contribution < -0.4 is 14.9 Å². The highest BCUT2D eigenvalue weighted by atomic mass is 32.2. The molecular formula is C36H47N7O4S. The fourth-order valence-electron chi connectivity index (χ4n) is 7.00. The molecule has 11 nitrogen and oxygen atoms in total. The number of rotatable bonds is 7. The summed E-state index contributed by atoms with van der Waals surface area (Å²) in [7, 11) is 0. The van der Waals surface area contributed by atoms with Gasteiger partial charge in [-0.2, -0.15) is 0 Å². The third-order valence-corrected chi connectivity index (χ3v) is 11.0. The predicted octanol–water partition coefficient (Wildman–Crippen LogP) is 5.23. The van der Waals surface area contributed by atoms with E-state index in [4.69, 9.17) is 9.47 Å². The zero-order chi connectivity index (χ0) is 33.0. The lowest BCUT2D eigenvalue weighted by Crippen LogP contribution is -2.58. The van der Waals surface area contributed by atoms with Crippen LogP contribution in [0, 0.1) is 0 Å². The molecule has 2 N–H and O–H groups in total. The first-order valence-electron chi connectivity index (χ1n) is 17.3. The van der Waals surface area contributed by atoms with Crippen LogP contribution in [-0.4, -0.2) is 115 Å². The van der Waals surface area contributed by atoms with E-state index in [-0.39, 0.29) is 18.0 Å². The highest BCUT2D eigenvalue weighted by Gasteiger charge is 2.34. The molecule has 2 atom stereocenters. The molecule has 0 aromatic heterocycles. The minimum absolute atomic E-state index is 0.0482. The van der Waals surface area contributed by atoms with Crippen LogP contribution in [0.5, 0.6) is 0 Å². The average Bonchev–Trinajstić information content (AvgIpc) is 3.09.